The Morgan fingerprint density at radius 3 is 2.68 bits per heavy atom. The predicted octanol–water partition coefficient (Wildman–Crippen LogP) is 4.32. The fourth-order valence-electron chi connectivity index (χ4n) is 2.37. The summed E-state index contributed by atoms with van der Waals surface area (Å²) in [6.07, 6.45) is 7.02. The van der Waals surface area contributed by atoms with E-state index in [0.29, 0.717) is 0 Å². The van der Waals surface area contributed by atoms with Crippen LogP contribution in [-0.4, -0.2) is 6.54 Å². The first-order chi connectivity index (χ1) is 9.35. The van der Waals surface area contributed by atoms with Gasteiger partial charge in [-0.3, -0.25) is 0 Å². The number of aryl methyl sites for hydroxylation is 1. The summed E-state index contributed by atoms with van der Waals surface area (Å²) in [4.78, 5) is 0. The van der Waals surface area contributed by atoms with E-state index in [1.54, 1.807) is 6.26 Å². The average molecular weight is 257 g/mol. The maximum absolute atomic E-state index is 5.23. The molecule has 1 N–H and O–H groups in total. The van der Waals surface area contributed by atoms with Gasteiger partial charge in [0.1, 0.15) is 0 Å². The minimum absolute atomic E-state index is 0.232. The van der Waals surface area contributed by atoms with Crippen LogP contribution in [0, 0.1) is 0 Å². The van der Waals surface area contributed by atoms with Crippen LogP contribution in [-0.2, 0) is 6.42 Å². The summed E-state index contributed by atoms with van der Waals surface area (Å²) in [5.41, 5.74) is 3.93. The normalized spacial score (nSPS) is 12.5. The molecule has 1 atom stereocenters. The molecule has 1 heterocycles. The van der Waals surface area contributed by atoms with Gasteiger partial charge in [0.2, 0.25) is 0 Å². The van der Waals surface area contributed by atoms with E-state index in [9.17, 15) is 0 Å². The van der Waals surface area contributed by atoms with Gasteiger partial charge in [0.05, 0.1) is 18.6 Å². The van der Waals surface area contributed by atoms with Gasteiger partial charge >= 0.3 is 0 Å². The summed E-state index contributed by atoms with van der Waals surface area (Å²) >= 11 is 0. The van der Waals surface area contributed by atoms with Crippen LogP contribution < -0.4 is 5.32 Å². The lowest BCUT2D eigenvalue weighted by Crippen LogP contribution is -2.22. The summed E-state index contributed by atoms with van der Waals surface area (Å²) in [7, 11) is 0. The molecule has 0 aliphatic heterocycles. The van der Waals surface area contributed by atoms with Crippen molar-refractivity contribution >= 4 is 0 Å². The first-order valence-electron chi connectivity index (χ1n) is 7.19. The minimum atomic E-state index is 0.232. The standard InChI is InChI=1S/C17H23NO/c1-3-6-14-7-5-8-15(12-14)17(18-10-4-2)16-9-11-19-13-16/h5,7-9,11-13,17-18H,3-4,6,10H2,1-2H3. The van der Waals surface area contributed by atoms with Gasteiger partial charge in [0.15, 0.2) is 0 Å². The fourth-order valence-corrected chi connectivity index (χ4v) is 2.37. The molecule has 0 spiro atoms. The van der Waals surface area contributed by atoms with Crippen molar-refractivity contribution in [3.63, 3.8) is 0 Å². The number of benzene rings is 1. The second kappa shape index (κ2) is 7.15. The van der Waals surface area contributed by atoms with Crippen LogP contribution in [0.2, 0.25) is 0 Å². The van der Waals surface area contributed by atoms with Crippen LogP contribution in [0.3, 0.4) is 0 Å². The largest absolute Gasteiger partial charge is 0.472 e. The van der Waals surface area contributed by atoms with Gasteiger partial charge in [-0.25, -0.2) is 0 Å². The summed E-state index contributed by atoms with van der Waals surface area (Å²) in [6.45, 7) is 5.41. The van der Waals surface area contributed by atoms with Crippen molar-refractivity contribution in [2.24, 2.45) is 0 Å². The van der Waals surface area contributed by atoms with Crippen LogP contribution in [0.5, 0.6) is 0 Å². The Kier molecular flexibility index (Phi) is 5.22. The first kappa shape index (κ1) is 13.9. The monoisotopic (exact) mass is 257 g/mol. The van der Waals surface area contributed by atoms with Crippen molar-refractivity contribution < 1.29 is 4.42 Å². The third-order valence-electron chi connectivity index (χ3n) is 3.30. The molecule has 0 radical (unpaired) electrons. The average Bonchev–Trinajstić information content (AvgIpc) is 2.94. The smallest absolute Gasteiger partial charge is 0.0953 e. The van der Waals surface area contributed by atoms with Crippen molar-refractivity contribution in [3.05, 3.63) is 59.5 Å². The highest BCUT2D eigenvalue weighted by Crippen LogP contribution is 2.23. The molecule has 2 aromatic rings. The number of nitrogens with one attached hydrogen (secondary N) is 1. The lowest BCUT2D eigenvalue weighted by atomic mass is 9.98. The Bertz CT molecular complexity index is 476. The molecule has 2 nitrogen and oxygen atoms in total. The van der Waals surface area contributed by atoms with E-state index in [4.69, 9.17) is 4.42 Å². The molecule has 19 heavy (non-hydrogen) atoms. The van der Waals surface area contributed by atoms with E-state index in [1.807, 2.05) is 12.3 Å². The van der Waals surface area contributed by atoms with Crippen molar-refractivity contribution in [1.82, 2.24) is 5.32 Å². The predicted molar refractivity (Wildman–Crippen MR) is 79.3 cm³/mol. The molecule has 0 bridgehead atoms. The Morgan fingerprint density at radius 1 is 1.11 bits per heavy atom. The molecule has 0 aliphatic carbocycles. The van der Waals surface area contributed by atoms with E-state index in [1.165, 1.54) is 23.1 Å². The second-order valence-corrected chi connectivity index (χ2v) is 4.94. The molecule has 0 amide bonds. The highest BCUT2D eigenvalue weighted by molar-refractivity contribution is 5.32. The van der Waals surface area contributed by atoms with Crippen molar-refractivity contribution in [1.29, 1.82) is 0 Å². The van der Waals surface area contributed by atoms with Gasteiger partial charge in [0.25, 0.3) is 0 Å². The lowest BCUT2D eigenvalue weighted by Gasteiger charge is -2.18. The Balaban J connectivity index is 2.24. The third-order valence-corrected chi connectivity index (χ3v) is 3.30. The zero-order valence-electron chi connectivity index (χ0n) is 11.9. The van der Waals surface area contributed by atoms with E-state index >= 15 is 0 Å². The molecule has 1 aromatic carbocycles. The van der Waals surface area contributed by atoms with E-state index < -0.39 is 0 Å². The molecule has 0 fully saturated rings. The summed E-state index contributed by atoms with van der Waals surface area (Å²) in [5, 5.41) is 3.60. The van der Waals surface area contributed by atoms with E-state index in [-0.39, 0.29) is 6.04 Å². The van der Waals surface area contributed by atoms with Gasteiger partial charge in [0, 0.05) is 5.56 Å². The van der Waals surface area contributed by atoms with E-state index in [0.717, 1.165) is 19.4 Å². The Labute approximate surface area is 115 Å². The maximum Gasteiger partial charge on any atom is 0.0953 e. The van der Waals surface area contributed by atoms with Crippen molar-refractivity contribution in [3.8, 4) is 0 Å². The lowest BCUT2D eigenvalue weighted by molar-refractivity contribution is 0.548. The van der Waals surface area contributed by atoms with Crippen molar-refractivity contribution in [2.45, 2.75) is 39.2 Å². The Hall–Kier alpha value is -1.54. The summed E-state index contributed by atoms with van der Waals surface area (Å²) in [6, 6.07) is 11.1. The van der Waals surface area contributed by atoms with Gasteiger partial charge in [-0.2, -0.15) is 0 Å². The van der Waals surface area contributed by atoms with Gasteiger partial charge in [-0.1, -0.05) is 44.5 Å². The molecular weight excluding hydrogens is 234 g/mol. The molecule has 102 valence electrons. The van der Waals surface area contributed by atoms with Crippen LogP contribution in [0.1, 0.15) is 49.4 Å². The molecule has 0 saturated carbocycles. The Morgan fingerprint density at radius 2 is 2.00 bits per heavy atom. The van der Waals surface area contributed by atoms with E-state index in [2.05, 4.69) is 43.4 Å². The highest BCUT2D eigenvalue weighted by atomic mass is 16.3. The number of rotatable bonds is 7. The van der Waals surface area contributed by atoms with Gasteiger partial charge in [-0.05, 0) is 36.6 Å². The van der Waals surface area contributed by atoms with Gasteiger partial charge < -0.3 is 9.73 Å². The van der Waals surface area contributed by atoms with Crippen LogP contribution in [0.25, 0.3) is 0 Å². The topological polar surface area (TPSA) is 25.2 Å². The molecular formula is C17H23NO. The molecule has 0 saturated heterocycles. The van der Waals surface area contributed by atoms with Gasteiger partial charge in [-0.15, -0.1) is 0 Å². The molecule has 1 aromatic heterocycles. The second-order valence-electron chi connectivity index (χ2n) is 4.94. The zero-order chi connectivity index (χ0) is 13.5. The maximum atomic E-state index is 5.23. The SMILES string of the molecule is CCCNC(c1ccoc1)c1cccc(CCC)c1. The molecule has 1 unspecified atom stereocenters. The molecule has 0 aliphatic rings. The minimum Gasteiger partial charge on any atom is -0.472 e. The quantitative estimate of drug-likeness (QED) is 0.799. The summed E-state index contributed by atoms with van der Waals surface area (Å²) < 4.78 is 5.23. The third kappa shape index (κ3) is 3.71. The van der Waals surface area contributed by atoms with Crippen LogP contribution in [0.15, 0.2) is 47.3 Å². The number of furan rings is 1. The number of hydrogen-bond acceptors (Lipinski definition) is 2. The first-order valence-corrected chi connectivity index (χ1v) is 7.19. The fraction of sp³-hybridized carbons (Fsp3) is 0.412. The van der Waals surface area contributed by atoms with Crippen molar-refractivity contribution in [2.75, 3.05) is 6.54 Å². The van der Waals surface area contributed by atoms with Crippen LogP contribution >= 0.6 is 0 Å². The van der Waals surface area contributed by atoms with Crippen LogP contribution in [0.4, 0.5) is 0 Å². The molecule has 2 heteroatoms. The number of hydrogen-bond donors (Lipinski definition) is 1. The molecule has 2 rings (SSSR count). The zero-order valence-corrected chi connectivity index (χ0v) is 11.9. The summed E-state index contributed by atoms with van der Waals surface area (Å²) in [5.74, 6) is 0. The highest BCUT2D eigenvalue weighted by Gasteiger charge is 2.14.